The van der Waals surface area contributed by atoms with Crippen LogP contribution in [-0.2, 0) is 12.4 Å². The Labute approximate surface area is 288 Å². The number of halogens is 6. The van der Waals surface area contributed by atoms with Gasteiger partial charge in [-0.15, -0.1) is 0 Å². The molecule has 7 rings (SSSR count). The van der Waals surface area contributed by atoms with Crippen molar-refractivity contribution >= 4 is 27.5 Å². The monoisotopic (exact) mass is 691 g/mol. The molecule has 11 heteroatoms. The summed E-state index contributed by atoms with van der Waals surface area (Å²) >= 11 is 0. The van der Waals surface area contributed by atoms with E-state index in [1.54, 1.807) is 70.2 Å². The molecule has 0 bridgehead atoms. The Bertz CT molecular complexity index is 2550. The Hall–Kier alpha value is -6.02. The maximum absolute atomic E-state index is 14.3. The van der Waals surface area contributed by atoms with Gasteiger partial charge in [-0.25, -0.2) is 19.8 Å². The predicted molar refractivity (Wildman–Crippen MR) is 186 cm³/mol. The summed E-state index contributed by atoms with van der Waals surface area (Å²) in [7, 11) is 0. The van der Waals surface area contributed by atoms with Crippen LogP contribution in [0.3, 0.4) is 0 Å². The van der Waals surface area contributed by atoms with E-state index in [1.165, 1.54) is 12.1 Å². The van der Waals surface area contributed by atoms with Gasteiger partial charge in [0, 0.05) is 22.0 Å². The molecule has 0 aliphatic carbocycles. The van der Waals surface area contributed by atoms with Crippen molar-refractivity contribution < 1.29 is 26.3 Å². The van der Waals surface area contributed by atoms with Crippen LogP contribution >= 0.6 is 0 Å². The number of aryl methyl sites for hydroxylation is 4. The third-order valence-corrected chi connectivity index (χ3v) is 8.88. The Kier molecular flexibility index (Phi) is 7.93. The van der Waals surface area contributed by atoms with Gasteiger partial charge in [-0.2, -0.15) is 26.3 Å². The number of fused-ring (bicyclic) bond motifs is 3. The number of alkyl halides is 6. The molecule has 51 heavy (non-hydrogen) atoms. The lowest BCUT2D eigenvalue weighted by molar-refractivity contribution is -0.138. The largest absolute Gasteiger partial charge is 0.417 e. The molecule has 0 atom stereocenters. The number of benzene rings is 5. The molecule has 0 amide bonds. The van der Waals surface area contributed by atoms with Gasteiger partial charge in [0.25, 0.3) is 0 Å². The number of rotatable bonds is 4. The van der Waals surface area contributed by atoms with Crippen molar-refractivity contribution in [1.29, 1.82) is 0 Å². The fraction of sp³-hybridized carbons (Fsp3) is 0.150. The third-order valence-electron chi connectivity index (χ3n) is 8.88. The van der Waals surface area contributed by atoms with Gasteiger partial charge < -0.3 is 4.57 Å². The highest BCUT2D eigenvalue weighted by Gasteiger charge is 2.34. The lowest BCUT2D eigenvalue weighted by Crippen LogP contribution is -2.07. The molecule has 5 aromatic carbocycles. The molecule has 0 unspecified atom stereocenters. The zero-order chi connectivity index (χ0) is 36.4. The fourth-order valence-corrected chi connectivity index (χ4v) is 6.62. The van der Waals surface area contributed by atoms with Crippen LogP contribution in [0.4, 0.5) is 32.0 Å². The number of aromatic nitrogens is 4. The average molecular weight is 692 g/mol. The van der Waals surface area contributed by atoms with E-state index in [9.17, 15) is 26.3 Å². The summed E-state index contributed by atoms with van der Waals surface area (Å²) in [5.74, 6) is 1.32. The highest BCUT2D eigenvalue weighted by Crippen LogP contribution is 2.42. The molecule has 7 aromatic rings. The van der Waals surface area contributed by atoms with E-state index in [0.29, 0.717) is 67.6 Å². The molecule has 0 fully saturated rings. The normalized spacial score (nSPS) is 12.1. The summed E-state index contributed by atoms with van der Waals surface area (Å²) in [5, 5.41) is 1.50. The van der Waals surface area contributed by atoms with Crippen LogP contribution in [0.15, 0.2) is 91.0 Å². The van der Waals surface area contributed by atoms with Crippen molar-refractivity contribution in [2.45, 2.75) is 40.0 Å². The van der Waals surface area contributed by atoms with Crippen molar-refractivity contribution in [3.63, 3.8) is 0 Å². The van der Waals surface area contributed by atoms with Crippen LogP contribution < -0.4 is 0 Å². The first kappa shape index (κ1) is 33.5. The van der Waals surface area contributed by atoms with Crippen molar-refractivity contribution in [2.75, 3.05) is 0 Å². The first-order chi connectivity index (χ1) is 24.1. The molecule has 0 spiro atoms. The van der Waals surface area contributed by atoms with E-state index in [-0.39, 0.29) is 11.3 Å². The molecule has 2 heterocycles. The highest BCUT2D eigenvalue weighted by molar-refractivity contribution is 6.11. The molecular formula is C40H27F6N5. The van der Waals surface area contributed by atoms with Gasteiger partial charge in [0.15, 0.2) is 11.5 Å². The molecule has 0 aliphatic rings. The minimum Gasteiger partial charge on any atom is -0.310 e. The van der Waals surface area contributed by atoms with Gasteiger partial charge in [0.2, 0.25) is 0 Å². The van der Waals surface area contributed by atoms with Crippen LogP contribution in [-0.4, -0.2) is 19.5 Å². The van der Waals surface area contributed by atoms with Gasteiger partial charge in [0.1, 0.15) is 11.6 Å². The SMILES string of the molecule is [C-]#[N+]c1cc(-n2c3cc(-c4ccc(C(F)(F)F)cc4C)ccc3c3ccc(-c4ccc(C)cc4C(F)(F)F)cc32)ccc1-c1nc(C)nc(C)n1. The summed E-state index contributed by atoms with van der Waals surface area (Å²) in [6, 6.07) is 23.6. The molecule has 0 N–H and O–H groups in total. The molecule has 5 nitrogen and oxygen atoms in total. The van der Waals surface area contributed by atoms with Crippen LogP contribution in [0.5, 0.6) is 0 Å². The molecule has 0 aliphatic heterocycles. The van der Waals surface area contributed by atoms with E-state index in [4.69, 9.17) is 6.57 Å². The van der Waals surface area contributed by atoms with E-state index in [1.807, 2.05) is 22.8 Å². The minimum atomic E-state index is -4.59. The molecule has 254 valence electrons. The molecule has 0 saturated carbocycles. The van der Waals surface area contributed by atoms with Crippen LogP contribution in [0.1, 0.15) is 33.9 Å². The Morgan fingerprint density at radius 1 is 0.588 bits per heavy atom. The van der Waals surface area contributed by atoms with Gasteiger partial charge in [-0.05, 0) is 98.0 Å². The van der Waals surface area contributed by atoms with E-state index in [2.05, 4.69) is 19.8 Å². The quantitative estimate of drug-likeness (QED) is 0.136. The van der Waals surface area contributed by atoms with Gasteiger partial charge in [0.05, 0.1) is 28.7 Å². The van der Waals surface area contributed by atoms with E-state index < -0.39 is 23.5 Å². The van der Waals surface area contributed by atoms with Crippen molar-refractivity contribution in [2.24, 2.45) is 0 Å². The van der Waals surface area contributed by atoms with Gasteiger partial charge in [-0.1, -0.05) is 54.1 Å². The lowest BCUT2D eigenvalue weighted by Gasteiger charge is -2.15. The highest BCUT2D eigenvalue weighted by atomic mass is 19.4. The maximum Gasteiger partial charge on any atom is 0.417 e. The summed E-state index contributed by atoms with van der Waals surface area (Å²) in [5.41, 5.74) is 3.50. The molecular weight excluding hydrogens is 664 g/mol. The van der Waals surface area contributed by atoms with E-state index >= 15 is 0 Å². The van der Waals surface area contributed by atoms with Crippen LogP contribution in [0.25, 0.3) is 66.0 Å². The molecule has 2 aromatic heterocycles. The van der Waals surface area contributed by atoms with Crippen molar-refractivity contribution in [3.05, 3.63) is 136 Å². The topological polar surface area (TPSA) is 48.0 Å². The number of hydrogen-bond donors (Lipinski definition) is 0. The standard InChI is InChI=1S/C40H27F6N5/c1-21-6-11-30(34(16-21)40(44,45)46)26-8-13-32-31-12-7-25(29-14-9-27(17-22(29)2)39(41,42)43)18-36(31)51(37(32)19-26)28-10-15-33(35(20-28)47-5)38-49-23(3)48-24(4)50-38/h6-20H,1-4H3. The second-order valence-electron chi connectivity index (χ2n) is 12.4. The summed E-state index contributed by atoms with van der Waals surface area (Å²) in [6.07, 6.45) is -9.09. The molecule has 0 saturated heterocycles. The zero-order valence-electron chi connectivity index (χ0n) is 27.7. The Balaban J connectivity index is 1.51. The minimum absolute atomic E-state index is 0.0191. The summed E-state index contributed by atoms with van der Waals surface area (Å²) in [4.78, 5) is 16.8. The Morgan fingerprint density at radius 2 is 1.18 bits per heavy atom. The molecule has 0 radical (unpaired) electrons. The first-order valence-electron chi connectivity index (χ1n) is 15.8. The zero-order valence-corrected chi connectivity index (χ0v) is 27.7. The average Bonchev–Trinajstić information content (AvgIpc) is 3.39. The summed E-state index contributed by atoms with van der Waals surface area (Å²) < 4.78 is 85.1. The lowest BCUT2D eigenvalue weighted by atomic mass is 9.96. The predicted octanol–water partition coefficient (Wildman–Crippen LogP) is 11.8. The summed E-state index contributed by atoms with van der Waals surface area (Å²) in [6.45, 7) is 14.7. The van der Waals surface area contributed by atoms with Gasteiger partial charge in [-0.3, -0.25) is 0 Å². The Morgan fingerprint density at radius 3 is 1.75 bits per heavy atom. The van der Waals surface area contributed by atoms with Crippen LogP contribution in [0, 0.1) is 34.3 Å². The van der Waals surface area contributed by atoms with Gasteiger partial charge >= 0.3 is 12.4 Å². The van der Waals surface area contributed by atoms with E-state index in [0.717, 1.165) is 29.0 Å². The number of hydrogen-bond acceptors (Lipinski definition) is 3. The second-order valence-corrected chi connectivity index (χ2v) is 12.4. The number of nitrogens with zero attached hydrogens (tertiary/aromatic N) is 5. The first-order valence-corrected chi connectivity index (χ1v) is 15.8. The van der Waals surface area contributed by atoms with Crippen LogP contribution in [0.2, 0.25) is 0 Å². The smallest absolute Gasteiger partial charge is 0.310 e. The van der Waals surface area contributed by atoms with Crippen molar-refractivity contribution in [3.8, 4) is 39.3 Å². The fourth-order valence-electron chi connectivity index (χ4n) is 6.62. The second kappa shape index (κ2) is 12.1. The third kappa shape index (κ3) is 6.07. The van der Waals surface area contributed by atoms with Crippen molar-refractivity contribution in [1.82, 2.24) is 19.5 Å². The maximum atomic E-state index is 14.3.